The average molecular weight is 394 g/mol. The van der Waals surface area contributed by atoms with Gasteiger partial charge < -0.3 is 5.11 Å². The number of rotatable bonds is 4. The SMILES string of the molecule is CCn1c(O)c(C=Nc2ccc([N+](=O)[O-])c(C(F)(F)F)c2)c(C)c(C#N)c1=O. The smallest absolute Gasteiger partial charge is 0.423 e. The van der Waals surface area contributed by atoms with E-state index in [1.807, 2.05) is 0 Å². The lowest BCUT2D eigenvalue weighted by molar-refractivity contribution is -0.388. The molecule has 0 saturated carbocycles. The summed E-state index contributed by atoms with van der Waals surface area (Å²) in [5.41, 5.74) is -3.69. The van der Waals surface area contributed by atoms with Gasteiger partial charge in [-0.25, -0.2) is 0 Å². The van der Waals surface area contributed by atoms with E-state index in [9.17, 15) is 33.2 Å². The summed E-state index contributed by atoms with van der Waals surface area (Å²) in [6.07, 6.45) is -3.96. The molecule has 1 N–H and O–H groups in total. The van der Waals surface area contributed by atoms with Crippen LogP contribution in [0.5, 0.6) is 5.88 Å². The predicted molar refractivity (Wildman–Crippen MR) is 92.8 cm³/mol. The maximum Gasteiger partial charge on any atom is 0.423 e. The lowest BCUT2D eigenvalue weighted by atomic mass is 10.1. The fourth-order valence-electron chi connectivity index (χ4n) is 2.55. The first kappa shape index (κ1) is 20.6. The quantitative estimate of drug-likeness (QED) is 0.484. The third kappa shape index (κ3) is 3.71. The molecule has 0 spiro atoms. The summed E-state index contributed by atoms with van der Waals surface area (Å²) >= 11 is 0. The molecule has 0 unspecified atom stereocenters. The van der Waals surface area contributed by atoms with E-state index in [-0.39, 0.29) is 28.9 Å². The molecule has 0 fully saturated rings. The Morgan fingerprint density at radius 1 is 1.43 bits per heavy atom. The lowest BCUT2D eigenvalue weighted by Crippen LogP contribution is -2.24. The van der Waals surface area contributed by atoms with Crippen LogP contribution >= 0.6 is 0 Å². The molecule has 2 aromatic rings. The molecule has 0 aliphatic carbocycles. The van der Waals surface area contributed by atoms with Crippen LogP contribution in [0.2, 0.25) is 0 Å². The van der Waals surface area contributed by atoms with Crippen LogP contribution in [0.3, 0.4) is 0 Å². The van der Waals surface area contributed by atoms with Crippen molar-refractivity contribution in [2.75, 3.05) is 0 Å². The number of nitro groups is 1. The molecule has 0 amide bonds. The molecule has 146 valence electrons. The molecule has 2 rings (SSSR count). The van der Waals surface area contributed by atoms with Crippen LogP contribution < -0.4 is 5.56 Å². The summed E-state index contributed by atoms with van der Waals surface area (Å²) < 4.78 is 40.1. The van der Waals surface area contributed by atoms with E-state index >= 15 is 0 Å². The standard InChI is InChI=1S/C17H13F3N4O4/c1-3-23-15(25)11(7-21)9(2)12(16(23)26)8-22-10-4-5-14(24(27)28)13(6-10)17(18,19)20/h4-6,8,26H,3H2,1-2H3. The van der Waals surface area contributed by atoms with Crippen molar-refractivity contribution in [2.45, 2.75) is 26.6 Å². The van der Waals surface area contributed by atoms with E-state index in [0.29, 0.717) is 12.1 Å². The fraction of sp³-hybridized carbons (Fsp3) is 0.235. The van der Waals surface area contributed by atoms with Gasteiger partial charge in [-0.05, 0) is 31.5 Å². The van der Waals surface area contributed by atoms with Gasteiger partial charge in [-0.15, -0.1) is 0 Å². The minimum absolute atomic E-state index is 0.0232. The summed E-state index contributed by atoms with van der Waals surface area (Å²) in [5, 5.41) is 30.2. The second-order valence-corrected chi connectivity index (χ2v) is 5.61. The van der Waals surface area contributed by atoms with Gasteiger partial charge in [0, 0.05) is 18.8 Å². The molecule has 0 aliphatic rings. The topological polar surface area (TPSA) is 122 Å². The van der Waals surface area contributed by atoms with Crippen molar-refractivity contribution in [2.24, 2.45) is 4.99 Å². The second-order valence-electron chi connectivity index (χ2n) is 5.61. The highest BCUT2D eigenvalue weighted by atomic mass is 19.4. The highest BCUT2D eigenvalue weighted by Crippen LogP contribution is 2.38. The van der Waals surface area contributed by atoms with Gasteiger partial charge in [-0.1, -0.05) is 0 Å². The van der Waals surface area contributed by atoms with Crippen molar-refractivity contribution < 1.29 is 23.2 Å². The number of pyridine rings is 1. The molecule has 11 heteroatoms. The highest BCUT2D eigenvalue weighted by Gasteiger charge is 2.38. The van der Waals surface area contributed by atoms with Crippen LogP contribution in [0.1, 0.15) is 29.2 Å². The van der Waals surface area contributed by atoms with Crippen LogP contribution in [0.25, 0.3) is 0 Å². The predicted octanol–water partition coefficient (Wildman–Crippen LogP) is 3.43. The third-order valence-corrected chi connectivity index (χ3v) is 3.99. The lowest BCUT2D eigenvalue weighted by Gasteiger charge is -2.12. The van der Waals surface area contributed by atoms with Crippen molar-refractivity contribution in [3.63, 3.8) is 0 Å². The number of hydrogen-bond acceptors (Lipinski definition) is 6. The molecule has 1 aromatic heterocycles. The Morgan fingerprint density at radius 3 is 2.57 bits per heavy atom. The number of alkyl halides is 3. The van der Waals surface area contributed by atoms with Crippen LogP contribution in [0, 0.1) is 28.4 Å². The van der Waals surface area contributed by atoms with Crippen LogP contribution in [0.4, 0.5) is 24.5 Å². The van der Waals surface area contributed by atoms with Gasteiger partial charge in [0.05, 0.1) is 16.2 Å². The minimum Gasteiger partial charge on any atom is -0.494 e. The van der Waals surface area contributed by atoms with Crippen LogP contribution in [0.15, 0.2) is 28.0 Å². The first-order chi connectivity index (χ1) is 13.0. The number of halogens is 3. The molecular weight excluding hydrogens is 381 g/mol. The van der Waals surface area contributed by atoms with Crippen molar-refractivity contribution in [1.29, 1.82) is 5.26 Å². The zero-order valence-electron chi connectivity index (χ0n) is 14.6. The largest absolute Gasteiger partial charge is 0.494 e. The Hall–Kier alpha value is -3.68. The van der Waals surface area contributed by atoms with E-state index < -0.39 is 33.8 Å². The Bertz CT molecular complexity index is 1080. The van der Waals surface area contributed by atoms with E-state index in [4.69, 9.17) is 5.26 Å². The number of hydrogen-bond donors (Lipinski definition) is 1. The number of aliphatic imine (C=N–C) groups is 1. The number of aromatic nitrogens is 1. The molecule has 0 atom stereocenters. The normalized spacial score (nSPS) is 11.6. The van der Waals surface area contributed by atoms with Crippen molar-refractivity contribution in [3.05, 3.63) is 60.9 Å². The molecule has 0 radical (unpaired) electrons. The molecule has 0 saturated heterocycles. The Kier molecular flexibility index (Phi) is 5.54. The molecule has 28 heavy (non-hydrogen) atoms. The van der Waals surface area contributed by atoms with E-state index in [2.05, 4.69) is 4.99 Å². The van der Waals surface area contributed by atoms with Gasteiger partial charge in [0.1, 0.15) is 17.2 Å². The molecule has 8 nitrogen and oxygen atoms in total. The fourth-order valence-corrected chi connectivity index (χ4v) is 2.55. The summed E-state index contributed by atoms with van der Waals surface area (Å²) in [6, 6.07) is 3.91. The van der Waals surface area contributed by atoms with Gasteiger partial charge in [-0.3, -0.25) is 24.5 Å². The van der Waals surface area contributed by atoms with Crippen molar-refractivity contribution in [1.82, 2.24) is 4.57 Å². The molecular formula is C17H13F3N4O4. The average Bonchev–Trinajstić information content (AvgIpc) is 2.61. The maximum atomic E-state index is 13.1. The molecule has 0 bridgehead atoms. The minimum atomic E-state index is -4.96. The third-order valence-electron chi connectivity index (χ3n) is 3.99. The van der Waals surface area contributed by atoms with E-state index in [0.717, 1.165) is 16.8 Å². The molecule has 0 aliphatic heterocycles. The summed E-state index contributed by atoms with van der Waals surface area (Å²) in [7, 11) is 0. The summed E-state index contributed by atoms with van der Waals surface area (Å²) in [6.45, 7) is 3.00. The van der Waals surface area contributed by atoms with Gasteiger partial charge in [0.15, 0.2) is 0 Å². The first-order valence-electron chi connectivity index (χ1n) is 7.79. The Labute approximate surface area is 156 Å². The highest BCUT2D eigenvalue weighted by molar-refractivity contribution is 5.87. The number of benzene rings is 1. The van der Waals surface area contributed by atoms with Gasteiger partial charge >= 0.3 is 6.18 Å². The first-order valence-corrected chi connectivity index (χ1v) is 7.79. The van der Waals surface area contributed by atoms with Gasteiger partial charge in [-0.2, -0.15) is 18.4 Å². The van der Waals surface area contributed by atoms with Crippen LogP contribution in [-0.2, 0) is 12.7 Å². The zero-order valence-corrected chi connectivity index (χ0v) is 14.6. The van der Waals surface area contributed by atoms with Crippen molar-refractivity contribution >= 4 is 17.6 Å². The maximum absolute atomic E-state index is 13.1. The number of nitrogens with zero attached hydrogens (tertiary/aromatic N) is 4. The Balaban J connectivity index is 2.63. The van der Waals surface area contributed by atoms with E-state index in [1.54, 1.807) is 13.0 Å². The van der Waals surface area contributed by atoms with Crippen molar-refractivity contribution in [3.8, 4) is 11.9 Å². The van der Waals surface area contributed by atoms with Crippen LogP contribution in [-0.4, -0.2) is 20.8 Å². The number of nitriles is 1. The Morgan fingerprint density at radius 2 is 2.07 bits per heavy atom. The number of aromatic hydroxyl groups is 1. The monoisotopic (exact) mass is 394 g/mol. The molecule has 1 aromatic carbocycles. The van der Waals surface area contributed by atoms with Gasteiger partial charge in [0.2, 0.25) is 5.88 Å². The zero-order chi connectivity index (χ0) is 21.2. The number of nitro benzene ring substituents is 1. The summed E-state index contributed by atoms with van der Waals surface area (Å²) in [5.74, 6) is -0.495. The second kappa shape index (κ2) is 7.51. The summed E-state index contributed by atoms with van der Waals surface area (Å²) in [4.78, 5) is 25.6. The van der Waals surface area contributed by atoms with Gasteiger partial charge in [0.25, 0.3) is 11.2 Å². The van der Waals surface area contributed by atoms with E-state index in [1.165, 1.54) is 6.92 Å². The molecule has 1 heterocycles.